The van der Waals surface area contributed by atoms with Crippen LogP contribution in [0.2, 0.25) is 0 Å². The Hall–Kier alpha value is -2.08. The Balaban J connectivity index is 1.94. The van der Waals surface area contributed by atoms with E-state index in [4.69, 9.17) is 16.6 Å². The molecule has 21 heavy (non-hydrogen) atoms. The maximum absolute atomic E-state index is 5.53. The van der Waals surface area contributed by atoms with Gasteiger partial charge in [0.2, 0.25) is 0 Å². The number of rotatable bonds is 6. The zero-order valence-corrected chi connectivity index (χ0v) is 13.1. The van der Waals surface area contributed by atoms with E-state index >= 15 is 0 Å². The highest BCUT2D eigenvalue weighted by molar-refractivity contribution is 7.80. The molecule has 1 aromatic heterocycles. The molecule has 0 aliphatic rings. The number of nitrogens with one attached hydrogen (secondary N) is 2. The van der Waals surface area contributed by atoms with Crippen LogP contribution in [-0.4, -0.2) is 37.3 Å². The van der Waals surface area contributed by atoms with Gasteiger partial charge in [-0.15, -0.1) is 0 Å². The van der Waals surface area contributed by atoms with Crippen molar-refractivity contribution in [1.82, 2.24) is 15.6 Å². The molecule has 0 saturated heterocycles. The molecule has 0 fully saturated rings. The fraction of sp³-hybridized carbons (Fsp3) is 0.333. The van der Waals surface area contributed by atoms with Gasteiger partial charge in [-0.3, -0.25) is 0 Å². The topological polar surface area (TPSA) is 53.3 Å². The van der Waals surface area contributed by atoms with Crippen molar-refractivity contribution in [3.05, 3.63) is 48.0 Å². The van der Waals surface area contributed by atoms with Crippen LogP contribution in [0.3, 0.4) is 0 Å². The maximum Gasteiger partial charge on any atom is 0.183 e. The first kappa shape index (κ1) is 15.3. The van der Waals surface area contributed by atoms with Crippen LogP contribution in [0.25, 0.3) is 0 Å². The average molecular weight is 304 g/mol. The zero-order valence-electron chi connectivity index (χ0n) is 12.3. The van der Waals surface area contributed by atoms with E-state index < -0.39 is 0 Å². The summed E-state index contributed by atoms with van der Waals surface area (Å²) in [6.45, 7) is 1.53. The molecule has 2 rings (SSSR count). The molecule has 0 bridgehead atoms. The summed E-state index contributed by atoms with van der Waals surface area (Å²) >= 11 is 5.04. The molecular formula is C15H20N4OS. The third-order valence-corrected chi connectivity index (χ3v) is 3.50. The van der Waals surface area contributed by atoms with Crippen molar-refractivity contribution in [3.63, 3.8) is 0 Å². The van der Waals surface area contributed by atoms with Gasteiger partial charge in [0.15, 0.2) is 23.1 Å². The summed E-state index contributed by atoms with van der Waals surface area (Å²) in [6, 6.07) is 10.2. The van der Waals surface area contributed by atoms with E-state index in [9.17, 15) is 0 Å². The number of nitrogens with zero attached hydrogens (tertiary/aromatic N) is 2. The van der Waals surface area contributed by atoms with Crippen LogP contribution >= 0.6 is 12.2 Å². The number of likely N-dealkylation sites (N-methyl/N-ethyl adjacent to an activating group) is 1. The summed E-state index contributed by atoms with van der Waals surface area (Å²) < 4.78 is 5.53. The smallest absolute Gasteiger partial charge is 0.183 e. The van der Waals surface area contributed by atoms with Crippen LogP contribution in [0.1, 0.15) is 11.3 Å². The maximum atomic E-state index is 5.53. The fourth-order valence-corrected chi connectivity index (χ4v) is 2.11. The lowest BCUT2D eigenvalue weighted by molar-refractivity contribution is 0.514. The Morgan fingerprint density at radius 2 is 2.10 bits per heavy atom. The monoisotopic (exact) mass is 304 g/mol. The number of aromatic nitrogens is 1. The van der Waals surface area contributed by atoms with Crippen molar-refractivity contribution in [2.75, 3.05) is 32.1 Å². The summed E-state index contributed by atoms with van der Waals surface area (Å²) in [7, 11) is 3.80. The van der Waals surface area contributed by atoms with Crippen LogP contribution in [0.4, 0.5) is 5.82 Å². The average Bonchev–Trinajstić information content (AvgIpc) is 2.96. The Bertz CT molecular complexity index is 570. The molecule has 0 aliphatic carbocycles. The zero-order chi connectivity index (χ0) is 15.1. The molecule has 2 aromatic rings. The molecule has 112 valence electrons. The standard InChI is InChI=1S/C15H20N4OS/c1-16-15(21)17-8-9-19(2)14-13(20-11-18-14)10-12-6-4-3-5-7-12/h3-7,11H,8-10H2,1-2H3,(H2,16,17,21). The van der Waals surface area contributed by atoms with Crippen LogP contribution in [-0.2, 0) is 6.42 Å². The Morgan fingerprint density at radius 1 is 1.33 bits per heavy atom. The van der Waals surface area contributed by atoms with Gasteiger partial charge < -0.3 is 20.0 Å². The first-order chi connectivity index (χ1) is 10.2. The van der Waals surface area contributed by atoms with E-state index in [1.54, 1.807) is 7.05 Å². The van der Waals surface area contributed by atoms with E-state index in [0.717, 1.165) is 31.1 Å². The summed E-state index contributed by atoms with van der Waals surface area (Å²) in [5.41, 5.74) is 1.21. The third-order valence-electron chi connectivity index (χ3n) is 3.15. The van der Waals surface area contributed by atoms with Gasteiger partial charge in [0.25, 0.3) is 0 Å². The molecule has 0 saturated carbocycles. The first-order valence-corrected chi connectivity index (χ1v) is 7.24. The van der Waals surface area contributed by atoms with E-state index in [0.29, 0.717) is 5.11 Å². The normalized spacial score (nSPS) is 10.2. The summed E-state index contributed by atoms with van der Waals surface area (Å²) in [6.07, 6.45) is 2.23. The van der Waals surface area contributed by atoms with Gasteiger partial charge in [0.1, 0.15) is 0 Å². The minimum absolute atomic E-state index is 0.646. The largest absolute Gasteiger partial charge is 0.446 e. The van der Waals surface area contributed by atoms with Crippen LogP contribution in [0.5, 0.6) is 0 Å². The van der Waals surface area contributed by atoms with Gasteiger partial charge in [-0.1, -0.05) is 30.3 Å². The molecule has 0 amide bonds. The van der Waals surface area contributed by atoms with Gasteiger partial charge in [-0.2, -0.15) is 4.98 Å². The molecule has 5 nitrogen and oxygen atoms in total. The van der Waals surface area contributed by atoms with Crippen LogP contribution < -0.4 is 15.5 Å². The highest BCUT2D eigenvalue weighted by atomic mass is 32.1. The number of benzene rings is 1. The quantitative estimate of drug-likeness (QED) is 0.794. The summed E-state index contributed by atoms with van der Waals surface area (Å²) in [4.78, 5) is 6.38. The van der Waals surface area contributed by atoms with Gasteiger partial charge in [0.05, 0.1) is 0 Å². The minimum atomic E-state index is 0.646. The van der Waals surface area contributed by atoms with Crippen molar-refractivity contribution in [2.45, 2.75) is 6.42 Å². The lowest BCUT2D eigenvalue weighted by Crippen LogP contribution is -2.38. The summed E-state index contributed by atoms with van der Waals surface area (Å²) in [5.74, 6) is 1.75. The van der Waals surface area contributed by atoms with Crippen LogP contribution in [0, 0.1) is 0 Å². The van der Waals surface area contributed by atoms with Gasteiger partial charge in [0, 0.05) is 33.6 Å². The SMILES string of the molecule is CNC(=S)NCCN(C)c1ncoc1Cc1ccccc1. The predicted octanol–water partition coefficient (Wildman–Crippen LogP) is 1.80. The van der Waals surface area contributed by atoms with Crippen molar-refractivity contribution in [3.8, 4) is 0 Å². The number of thiocarbonyl (C=S) groups is 1. The highest BCUT2D eigenvalue weighted by Crippen LogP contribution is 2.20. The highest BCUT2D eigenvalue weighted by Gasteiger charge is 2.13. The number of oxazole rings is 1. The fourth-order valence-electron chi connectivity index (χ4n) is 2.01. The number of hydrogen-bond acceptors (Lipinski definition) is 4. The van der Waals surface area contributed by atoms with Crippen molar-refractivity contribution in [2.24, 2.45) is 0 Å². The van der Waals surface area contributed by atoms with Crippen molar-refractivity contribution in [1.29, 1.82) is 0 Å². The van der Waals surface area contributed by atoms with Gasteiger partial charge in [-0.25, -0.2) is 0 Å². The molecule has 0 aliphatic heterocycles. The molecule has 2 N–H and O–H groups in total. The predicted molar refractivity (Wildman–Crippen MR) is 88.7 cm³/mol. The molecular weight excluding hydrogens is 284 g/mol. The Morgan fingerprint density at radius 3 is 2.81 bits per heavy atom. The Labute approximate surface area is 130 Å². The minimum Gasteiger partial charge on any atom is -0.446 e. The van der Waals surface area contributed by atoms with E-state index in [1.165, 1.54) is 12.0 Å². The molecule has 6 heteroatoms. The first-order valence-electron chi connectivity index (χ1n) is 6.83. The summed E-state index contributed by atoms with van der Waals surface area (Å²) in [5, 5.41) is 6.65. The van der Waals surface area contributed by atoms with Crippen molar-refractivity contribution < 1.29 is 4.42 Å². The molecule has 0 unspecified atom stereocenters. The second-order valence-corrected chi connectivity index (χ2v) is 5.10. The third kappa shape index (κ3) is 4.46. The molecule has 0 atom stereocenters. The molecule has 0 radical (unpaired) electrons. The lowest BCUT2D eigenvalue weighted by atomic mass is 10.1. The van der Waals surface area contributed by atoms with E-state index in [1.807, 2.05) is 25.2 Å². The number of anilines is 1. The van der Waals surface area contributed by atoms with E-state index in [2.05, 4.69) is 32.7 Å². The van der Waals surface area contributed by atoms with Crippen LogP contribution in [0.15, 0.2) is 41.1 Å². The van der Waals surface area contributed by atoms with Gasteiger partial charge >= 0.3 is 0 Å². The molecule has 0 spiro atoms. The van der Waals surface area contributed by atoms with E-state index in [-0.39, 0.29) is 0 Å². The molecule has 1 aromatic carbocycles. The Kier molecular flexibility index (Phi) is 5.57. The second-order valence-electron chi connectivity index (χ2n) is 4.69. The van der Waals surface area contributed by atoms with Crippen molar-refractivity contribution >= 4 is 23.1 Å². The second kappa shape index (κ2) is 7.64. The number of hydrogen-bond donors (Lipinski definition) is 2. The molecule has 1 heterocycles. The lowest BCUT2D eigenvalue weighted by Gasteiger charge is -2.18. The van der Waals surface area contributed by atoms with Gasteiger partial charge in [-0.05, 0) is 17.8 Å².